The average molecular weight is 238 g/mol. The lowest BCUT2D eigenvalue weighted by Gasteiger charge is -2.09. The molecule has 0 saturated heterocycles. The molecule has 1 aliphatic rings. The second-order valence-corrected chi connectivity index (χ2v) is 3.79. The molecule has 0 aromatic heterocycles. The Morgan fingerprint density at radius 3 is 2.28 bits per heavy atom. The number of ether oxygens (including phenoxy) is 1. The fourth-order valence-corrected chi connectivity index (χ4v) is 1.77. The van der Waals surface area contributed by atoms with Crippen LogP contribution in [0.15, 0.2) is 72.4 Å². The third-order valence-corrected chi connectivity index (χ3v) is 2.64. The molecule has 2 nitrogen and oxygen atoms in total. The van der Waals surface area contributed by atoms with E-state index in [0.29, 0.717) is 5.57 Å². The van der Waals surface area contributed by atoms with Gasteiger partial charge in [0.25, 0.3) is 0 Å². The molecule has 1 aromatic rings. The van der Waals surface area contributed by atoms with Crippen molar-refractivity contribution >= 4 is 11.5 Å². The monoisotopic (exact) mass is 238 g/mol. The standard InChI is InChI=1S/C16H14O2/c1-18-16(17)15-12-8-3-2-7-11-14(15)13-9-5-4-6-10-13/h2-12H,1H3. The summed E-state index contributed by atoms with van der Waals surface area (Å²) in [7, 11) is 1.39. The number of allylic oxidation sites excluding steroid dienone is 6. The van der Waals surface area contributed by atoms with Gasteiger partial charge in [-0.3, -0.25) is 0 Å². The predicted molar refractivity (Wildman–Crippen MR) is 72.8 cm³/mol. The topological polar surface area (TPSA) is 26.3 Å². The maximum atomic E-state index is 11.8. The zero-order valence-corrected chi connectivity index (χ0v) is 10.2. The van der Waals surface area contributed by atoms with Gasteiger partial charge in [0.1, 0.15) is 0 Å². The number of hydrogen-bond donors (Lipinski definition) is 0. The van der Waals surface area contributed by atoms with E-state index < -0.39 is 0 Å². The van der Waals surface area contributed by atoms with Crippen LogP contribution in [0, 0.1) is 0 Å². The molecule has 1 aliphatic carbocycles. The van der Waals surface area contributed by atoms with E-state index in [1.165, 1.54) is 7.11 Å². The number of esters is 1. The molecule has 0 bridgehead atoms. The maximum absolute atomic E-state index is 11.8. The van der Waals surface area contributed by atoms with Crippen molar-refractivity contribution in [1.29, 1.82) is 0 Å². The molecule has 1 aromatic carbocycles. The lowest BCUT2D eigenvalue weighted by molar-refractivity contribution is -0.135. The van der Waals surface area contributed by atoms with Crippen molar-refractivity contribution in [2.24, 2.45) is 0 Å². The first-order valence-electron chi connectivity index (χ1n) is 5.72. The number of carbonyl (C=O) groups excluding carboxylic acids is 1. The molecule has 2 heteroatoms. The zero-order valence-electron chi connectivity index (χ0n) is 10.2. The van der Waals surface area contributed by atoms with Crippen LogP contribution in [-0.4, -0.2) is 13.1 Å². The third kappa shape index (κ3) is 2.66. The quantitative estimate of drug-likeness (QED) is 0.739. The van der Waals surface area contributed by atoms with Crippen LogP contribution in [0.4, 0.5) is 0 Å². The molecule has 0 unspecified atom stereocenters. The molecule has 0 aliphatic heterocycles. The largest absolute Gasteiger partial charge is 0.465 e. The number of carbonyl (C=O) groups is 1. The van der Waals surface area contributed by atoms with Crippen molar-refractivity contribution in [3.63, 3.8) is 0 Å². The van der Waals surface area contributed by atoms with Crippen molar-refractivity contribution in [3.8, 4) is 0 Å². The van der Waals surface area contributed by atoms with E-state index in [9.17, 15) is 4.79 Å². The minimum Gasteiger partial charge on any atom is -0.465 e. The first-order valence-corrected chi connectivity index (χ1v) is 5.72. The minimum atomic E-state index is -0.329. The van der Waals surface area contributed by atoms with Crippen molar-refractivity contribution in [3.05, 3.63) is 77.9 Å². The summed E-state index contributed by atoms with van der Waals surface area (Å²) in [5.74, 6) is -0.329. The van der Waals surface area contributed by atoms with Gasteiger partial charge < -0.3 is 4.74 Å². The van der Waals surface area contributed by atoms with Crippen molar-refractivity contribution in [1.82, 2.24) is 0 Å². The summed E-state index contributed by atoms with van der Waals surface area (Å²) in [6.45, 7) is 0. The smallest absolute Gasteiger partial charge is 0.338 e. The Bertz CT molecular complexity index is 546. The van der Waals surface area contributed by atoms with E-state index in [0.717, 1.165) is 11.1 Å². The van der Waals surface area contributed by atoms with Crippen LogP contribution in [0.2, 0.25) is 0 Å². The maximum Gasteiger partial charge on any atom is 0.338 e. The van der Waals surface area contributed by atoms with E-state index in [1.54, 1.807) is 6.08 Å². The summed E-state index contributed by atoms with van der Waals surface area (Å²) < 4.78 is 4.83. The van der Waals surface area contributed by atoms with Crippen LogP contribution in [-0.2, 0) is 9.53 Å². The van der Waals surface area contributed by atoms with Gasteiger partial charge in [-0.15, -0.1) is 0 Å². The van der Waals surface area contributed by atoms with E-state index in [-0.39, 0.29) is 5.97 Å². The Morgan fingerprint density at radius 2 is 1.61 bits per heavy atom. The van der Waals surface area contributed by atoms with Gasteiger partial charge in [0.05, 0.1) is 12.7 Å². The summed E-state index contributed by atoms with van der Waals surface area (Å²) >= 11 is 0. The highest BCUT2D eigenvalue weighted by molar-refractivity contribution is 6.02. The van der Waals surface area contributed by atoms with E-state index >= 15 is 0 Å². The van der Waals surface area contributed by atoms with Crippen LogP contribution in [0.5, 0.6) is 0 Å². The molecule has 0 spiro atoms. The highest BCUT2D eigenvalue weighted by Crippen LogP contribution is 2.23. The SMILES string of the molecule is COC(=O)C1=C(c2ccccc2)C=CC=CC=C1. The minimum absolute atomic E-state index is 0.329. The zero-order chi connectivity index (χ0) is 12.8. The fraction of sp³-hybridized carbons (Fsp3) is 0.0625. The highest BCUT2D eigenvalue weighted by Gasteiger charge is 2.13. The number of hydrogen-bond acceptors (Lipinski definition) is 2. The molecule has 18 heavy (non-hydrogen) atoms. The van der Waals surface area contributed by atoms with Gasteiger partial charge in [-0.2, -0.15) is 0 Å². The van der Waals surface area contributed by atoms with E-state index in [1.807, 2.05) is 60.7 Å². The number of rotatable bonds is 2. The van der Waals surface area contributed by atoms with Gasteiger partial charge >= 0.3 is 5.97 Å². The van der Waals surface area contributed by atoms with Crippen molar-refractivity contribution in [2.45, 2.75) is 0 Å². The predicted octanol–water partition coefficient (Wildman–Crippen LogP) is 3.30. The summed E-state index contributed by atoms with van der Waals surface area (Å²) in [6, 6.07) is 9.79. The first-order chi connectivity index (χ1) is 8.83. The van der Waals surface area contributed by atoms with Gasteiger partial charge in [-0.25, -0.2) is 4.79 Å². The Balaban J connectivity index is 2.57. The van der Waals surface area contributed by atoms with Gasteiger partial charge in [0, 0.05) is 0 Å². The highest BCUT2D eigenvalue weighted by atomic mass is 16.5. The molecule has 0 amide bonds. The molecule has 0 saturated carbocycles. The molecular formula is C16H14O2. The van der Waals surface area contributed by atoms with Crippen LogP contribution in [0.3, 0.4) is 0 Å². The molecule has 0 fully saturated rings. The Labute approximate surface area is 107 Å². The van der Waals surface area contributed by atoms with Gasteiger partial charge in [-0.1, -0.05) is 60.7 Å². The summed E-state index contributed by atoms with van der Waals surface area (Å²) in [5, 5.41) is 0. The van der Waals surface area contributed by atoms with Crippen molar-refractivity contribution in [2.75, 3.05) is 7.11 Å². The third-order valence-electron chi connectivity index (χ3n) is 2.64. The van der Waals surface area contributed by atoms with Gasteiger partial charge in [0.2, 0.25) is 0 Å². The summed E-state index contributed by atoms with van der Waals surface area (Å²) in [4.78, 5) is 11.8. The first kappa shape index (κ1) is 12.1. The number of methoxy groups -OCH3 is 1. The molecule has 0 radical (unpaired) electrons. The normalized spacial score (nSPS) is 14.3. The summed E-state index contributed by atoms with van der Waals surface area (Å²) in [6.07, 6.45) is 11.2. The molecule has 0 N–H and O–H groups in total. The van der Waals surface area contributed by atoms with E-state index in [2.05, 4.69) is 0 Å². The Morgan fingerprint density at radius 1 is 0.944 bits per heavy atom. The van der Waals surface area contributed by atoms with Crippen LogP contribution >= 0.6 is 0 Å². The average Bonchev–Trinajstić information content (AvgIpc) is 2.39. The fourth-order valence-electron chi connectivity index (χ4n) is 1.77. The Hall–Kier alpha value is -2.35. The Kier molecular flexibility index (Phi) is 3.92. The summed E-state index contributed by atoms with van der Waals surface area (Å²) in [5.41, 5.74) is 2.42. The second kappa shape index (κ2) is 5.82. The van der Waals surface area contributed by atoms with Crippen LogP contribution in [0.25, 0.3) is 5.57 Å². The molecule has 0 heterocycles. The lowest BCUT2D eigenvalue weighted by Crippen LogP contribution is -2.05. The van der Waals surface area contributed by atoms with Gasteiger partial charge in [-0.05, 0) is 17.2 Å². The van der Waals surface area contributed by atoms with Gasteiger partial charge in [0.15, 0.2) is 0 Å². The van der Waals surface area contributed by atoms with E-state index in [4.69, 9.17) is 4.74 Å². The van der Waals surface area contributed by atoms with Crippen LogP contribution < -0.4 is 0 Å². The molecule has 2 rings (SSSR count). The van der Waals surface area contributed by atoms with Crippen molar-refractivity contribution < 1.29 is 9.53 Å². The lowest BCUT2D eigenvalue weighted by atomic mass is 9.98. The van der Waals surface area contributed by atoms with Crippen LogP contribution in [0.1, 0.15) is 5.56 Å². The molecular weight excluding hydrogens is 224 g/mol. The number of benzene rings is 1. The molecule has 90 valence electrons. The molecule has 0 atom stereocenters. The second-order valence-electron chi connectivity index (χ2n) is 3.79.